The predicted octanol–water partition coefficient (Wildman–Crippen LogP) is 2.86. The van der Waals surface area contributed by atoms with Gasteiger partial charge in [-0.15, -0.1) is 10.2 Å². The highest BCUT2D eigenvalue weighted by Crippen LogP contribution is 2.24. The molecule has 0 unspecified atom stereocenters. The summed E-state index contributed by atoms with van der Waals surface area (Å²) in [6.07, 6.45) is 3.42. The van der Waals surface area contributed by atoms with E-state index in [-0.39, 0.29) is 0 Å². The molecule has 20 heavy (non-hydrogen) atoms. The lowest BCUT2D eigenvalue weighted by molar-refractivity contribution is 0.510. The number of hydrogen-bond donors (Lipinski definition) is 1. The average Bonchev–Trinajstić information content (AvgIpc) is 2.89. The Labute approximate surface area is 125 Å². The van der Waals surface area contributed by atoms with Gasteiger partial charge in [-0.1, -0.05) is 0 Å². The van der Waals surface area contributed by atoms with Crippen LogP contribution < -0.4 is 5.32 Å². The van der Waals surface area contributed by atoms with Gasteiger partial charge in [-0.25, -0.2) is 0 Å². The molecule has 0 spiro atoms. The van der Waals surface area contributed by atoms with Gasteiger partial charge in [0.2, 0.25) is 0 Å². The molecule has 0 saturated heterocycles. The van der Waals surface area contributed by atoms with Crippen LogP contribution in [0.2, 0.25) is 0 Å². The Hall–Kier alpha value is -1.87. The van der Waals surface area contributed by atoms with Gasteiger partial charge in [-0.3, -0.25) is 0 Å². The molecular weight excluding hydrogens is 318 g/mol. The first-order valence-electron chi connectivity index (χ1n) is 6.62. The molecule has 1 aromatic carbocycles. The summed E-state index contributed by atoms with van der Waals surface area (Å²) in [5.74, 6) is 2.06. The SMILES string of the molecule is N#Cc1ccc(NCc2nnc3n2CCCC3)c(Br)c1. The van der Waals surface area contributed by atoms with Crippen molar-refractivity contribution in [3.05, 3.63) is 39.9 Å². The number of nitrogens with zero attached hydrogens (tertiary/aromatic N) is 4. The Balaban J connectivity index is 1.74. The lowest BCUT2D eigenvalue weighted by Gasteiger charge is -2.15. The molecule has 0 aliphatic carbocycles. The van der Waals surface area contributed by atoms with Gasteiger partial charge >= 0.3 is 0 Å². The first-order chi connectivity index (χ1) is 9.78. The molecule has 3 rings (SSSR count). The molecule has 0 saturated carbocycles. The van der Waals surface area contributed by atoms with Crippen LogP contribution in [-0.4, -0.2) is 14.8 Å². The number of halogens is 1. The van der Waals surface area contributed by atoms with E-state index in [0.29, 0.717) is 12.1 Å². The molecule has 6 heteroatoms. The lowest BCUT2D eigenvalue weighted by Crippen LogP contribution is -2.15. The van der Waals surface area contributed by atoms with Crippen LogP contribution in [0.15, 0.2) is 22.7 Å². The van der Waals surface area contributed by atoms with Crippen molar-refractivity contribution in [2.75, 3.05) is 5.32 Å². The van der Waals surface area contributed by atoms with Gasteiger partial charge in [0.25, 0.3) is 0 Å². The Kier molecular flexibility index (Phi) is 3.70. The van der Waals surface area contributed by atoms with E-state index in [9.17, 15) is 0 Å². The zero-order chi connectivity index (χ0) is 13.9. The number of fused-ring (bicyclic) bond motifs is 1. The quantitative estimate of drug-likeness (QED) is 0.939. The van der Waals surface area contributed by atoms with E-state index in [2.05, 4.69) is 42.1 Å². The third kappa shape index (κ3) is 2.54. The summed E-state index contributed by atoms with van der Waals surface area (Å²) >= 11 is 3.47. The largest absolute Gasteiger partial charge is 0.377 e. The van der Waals surface area contributed by atoms with Gasteiger partial charge in [0, 0.05) is 23.1 Å². The highest BCUT2D eigenvalue weighted by molar-refractivity contribution is 9.10. The van der Waals surface area contributed by atoms with E-state index in [1.807, 2.05) is 12.1 Å². The molecular formula is C14H14BrN5. The second kappa shape index (κ2) is 5.63. The maximum Gasteiger partial charge on any atom is 0.152 e. The number of hydrogen-bond acceptors (Lipinski definition) is 4. The van der Waals surface area contributed by atoms with E-state index in [1.165, 1.54) is 12.8 Å². The van der Waals surface area contributed by atoms with Gasteiger partial charge in [0.05, 0.1) is 18.2 Å². The average molecular weight is 332 g/mol. The molecule has 1 aliphatic heterocycles. The van der Waals surface area contributed by atoms with E-state index in [4.69, 9.17) is 5.26 Å². The molecule has 102 valence electrons. The molecule has 0 atom stereocenters. The van der Waals surface area contributed by atoms with Crippen LogP contribution in [0.1, 0.15) is 30.1 Å². The number of anilines is 1. The first-order valence-corrected chi connectivity index (χ1v) is 7.41. The lowest BCUT2D eigenvalue weighted by atomic mass is 10.1. The van der Waals surface area contributed by atoms with Crippen LogP contribution in [0.4, 0.5) is 5.69 Å². The van der Waals surface area contributed by atoms with Crippen LogP contribution in [0.3, 0.4) is 0 Å². The van der Waals surface area contributed by atoms with Gasteiger partial charge in [0.1, 0.15) is 5.82 Å². The summed E-state index contributed by atoms with van der Waals surface area (Å²) in [5, 5.41) is 20.7. The number of aromatic nitrogens is 3. The van der Waals surface area contributed by atoms with Crippen molar-refractivity contribution >= 4 is 21.6 Å². The fraction of sp³-hybridized carbons (Fsp3) is 0.357. The minimum atomic E-state index is 0.636. The monoisotopic (exact) mass is 331 g/mol. The van der Waals surface area contributed by atoms with Crippen LogP contribution in [-0.2, 0) is 19.5 Å². The second-order valence-corrected chi connectivity index (χ2v) is 5.66. The number of nitrogens with one attached hydrogen (secondary N) is 1. The van der Waals surface area contributed by atoms with Crippen molar-refractivity contribution in [3.8, 4) is 6.07 Å². The van der Waals surface area contributed by atoms with Crippen molar-refractivity contribution in [2.45, 2.75) is 32.4 Å². The van der Waals surface area contributed by atoms with Crippen LogP contribution in [0.5, 0.6) is 0 Å². The van der Waals surface area contributed by atoms with Gasteiger partial charge in [-0.2, -0.15) is 5.26 Å². The van der Waals surface area contributed by atoms with Crippen LogP contribution >= 0.6 is 15.9 Å². The van der Waals surface area contributed by atoms with Crippen LogP contribution in [0.25, 0.3) is 0 Å². The summed E-state index contributed by atoms with van der Waals surface area (Å²) in [4.78, 5) is 0. The molecule has 1 N–H and O–H groups in total. The standard InChI is InChI=1S/C14H14BrN5/c15-11-7-10(8-16)4-5-12(11)17-9-14-19-18-13-3-1-2-6-20(13)14/h4-5,7,17H,1-3,6,9H2. The third-order valence-corrected chi connectivity index (χ3v) is 4.13. The molecule has 0 amide bonds. The van der Waals surface area contributed by atoms with E-state index in [1.54, 1.807) is 6.07 Å². The molecule has 2 aromatic rings. The number of aryl methyl sites for hydroxylation is 1. The smallest absolute Gasteiger partial charge is 0.152 e. The summed E-state index contributed by atoms with van der Waals surface area (Å²) in [5.41, 5.74) is 1.60. The second-order valence-electron chi connectivity index (χ2n) is 4.80. The van der Waals surface area contributed by atoms with Crippen molar-refractivity contribution in [1.82, 2.24) is 14.8 Å². The molecule has 2 heterocycles. The van der Waals surface area contributed by atoms with Gasteiger partial charge in [-0.05, 0) is 47.0 Å². The maximum absolute atomic E-state index is 8.85. The zero-order valence-corrected chi connectivity index (χ0v) is 12.5. The topological polar surface area (TPSA) is 66.5 Å². The number of rotatable bonds is 3. The Morgan fingerprint density at radius 3 is 3.05 bits per heavy atom. The van der Waals surface area contributed by atoms with Crippen molar-refractivity contribution in [2.24, 2.45) is 0 Å². The zero-order valence-electron chi connectivity index (χ0n) is 10.9. The molecule has 0 radical (unpaired) electrons. The molecule has 5 nitrogen and oxygen atoms in total. The fourth-order valence-electron chi connectivity index (χ4n) is 2.40. The highest BCUT2D eigenvalue weighted by Gasteiger charge is 2.15. The minimum Gasteiger partial charge on any atom is -0.377 e. The van der Waals surface area contributed by atoms with Crippen molar-refractivity contribution < 1.29 is 0 Å². The number of nitriles is 1. The molecule has 1 aromatic heterocycles. The Morgan fingerprint density at radius 1 is 1.35 bits per heavy atom. The molecule has 0 fully saturated rings. The summed E-state index contributed by atoms with van der Waals surface area (Å²) < 4.78 is 3.09. The molecule has 0 bridgehead atoms. The third-order valence-electron chi connectivity index (χ3n) is 3.47. The van der Waals surface area contributed by atoms with Gasteiger partial charge in [0.15, 0.2) is 5.82 Å². The van der Waals surface area contributed by atoms with E-state index in [0.717, 1.165) is 34.8 Å². The van der Waals surface area contributed by atoms with Crippen molar-refractivity contribution in [1.29, 1.82) is 5.26 Å². The Morgan fingerprint density at radius 2 is 2.25 bits per heavy atom. The summed E-state index contributed by atoms with van der Waals surface area (Å²) in [6.45, 7) is 1.64. The van der Waals surface area contributed by atoms with E-state index >= 15 is 0 Å². The Bertz CT molecular complexity index is 671. The van der Waals surface area contributed by atoms with E-state index < -0.39 is 0 Å². The highest BCUT2D eigenvalue weighted by atomic mass is 79.9. The predicted molar refractivity (Wildman–Crippen MR) is 79.1 cm³/mol. The first kappa shape index (κ1) is 13.1. The number of benzene rings is 1. The fourth-order valence-corrected chi connectivity index (χ4v) is 2.92. The molecule has 1 aliphatic rings. The van der Waals surface area contributed by atoms with Crippen LogP contribution in [0, 0.1) is 11.3 Å². The minimum absolute atomic E-state index is 0.636. The van der Waals surface area contributed by atoms with Gasteiger partial charge < -0.3 is 9.88 Å². The summed E-state index contributed by atoms with van der Waals surface area (Å²) in [7, 11) is 0. The van der Waals surface area contributed by atoms with Crippen molar-refractivity contribution in [3.63, 3.8) is 0 Å². The summed E-state index contributed by atoms with van der Waals surface area (Å²) in [6, 6.07) is 7.63. The normalized spacial score (nSPS) is 13.6. The maximum atomic E-state index is 8.85.